The molecule has 23 heavy (non-hydrogen) atoms. The summed E-state index contributed by atoms with van der Waals surface area (Å²) in [5, 5.41) is 17.9. The van der Waals surface area contributed by atoms with Crippen molar-refractivity contribution in [3.63, 3.8) is 0 Å². The van der Waals surface area contributed by atoms with Crippen molar-refractivity contribution in [2.75, 3.05) is 6.61 Å². The highest BCUT2D eigenvalue weighted by Crippen LogP contribution is 2.36. The Kier molecular flexibility index (Phi) is 5.04. The lowest BCUT2D eigenvalue weighted by molar-refractivity contribution is -0.137. The van der Waals surface area contributed by atoms with Gasteiger partial charge in [0.05, 0.1) is 17.3 Å². The van der Waals surface area contributed by atoms with Crippen molar-refractivity contribution in [2.24, 2.45) is 5.92 Å². The molecule has 2 rings (SSSR count). The van der Waals surface area contributed by atoms with Gasteiger partial charge < -0.3 is 15.3 Å². The largest absolute Gasteiger partial charge is 0.506 e. The summed E-state index contributed by atoms with van der Waals surface area (Å²) < 4.78 is 32.5. The van der Waals surface area contributed by atoms with E-state index in [1.54, 1.807) is 6.92 Å². The van der Waals surface area contributed by atoms with Crippen molar-refractivity contribution in [3.05, 3.63) is 39.4 Å². The Morgan fingerprint density at radius 2 is 2.09 bits per heavy atom. The SMILES string of the molecule is CCOC(=O)C(C(=N)C1CC1)=C(O)c1cc(F)c(C)c(F)c1Cl. The molecule has 124 valence electrons. The van der Waals surface area contributed by atoms with Crippen LogP contribution in [0.5, 0.6) is 0 Å². The van der Waals surface area contributed by atoms with E-state index in [1.807, 2.05) is 0 Å². The average molecular weight is 344 g/mol. The maximum absolute atomic E-state index is 13.9. The minimum absolute atomic E-state index is 0.0396. The predicted molar refractivity (Wildman–Crippen MR) is 82.7 cm³/mol. The van der Waals surface area contributed by atoms with Gasteiger partial charge >= 0.3 is 5.97 Å². The Hall–Kier alpha value is -1.95. The van der Waals surface area contributed by atoms with Crippen molar-refractivity contribution >= 4 is 29.0 Å². The number of hydrogen-bond acceptors (Lipinski definition) is 4. The van der Waals surface area contributed by atoms with Gasteiger partial charge in [0.1, 0.15) is 23.0 Å². The second-order valence-corrected chi connectivity index (χ2v) is 5.67. The molecule has 7 heteroatoms. The third-order valence-corrected chi connectivity index (χ3v) is 3.98. The fourth-order valence-corrected chi connectivity index (χ4v) is 2.39. The number of carbonyl (C=O) groups excluding carboxylic acids is 1. The molecule has 1 aromatic rings. The zero-order chi connectivity index (χ0) is 17.3. The van der Waals surface area contributed by atoms with Crippen LogP contribution in [0.1, 0.15) is 30.9 Å². The molecule has 0 saturated heterocycles. The molecule has 1 saturated carbocycles. The number of nitrogens with one attached hydrogen (secondary N) is 1. The lowest BCUT2D eigenvalue weighted by atomic mass is 10.00. The zero-order valence-corrected chi connectivity index (χ0v) is 13.4. The summed E-state index contributed by atoms with van der Waals surface area (Å²) in [5.41, 5.74) is -1.18. The molecule has 2 N–H and O–H groups in total. The van der Waals surface area contributed by atoms with Crippen LogP contribution in [0.15, 0.2) is 11.6 Å². The lowest BCUT2D eigenvalue weighted by Gasteiger charge is -2.13. The third kappa shape index (κ3) is 3.37. The van der Waals surface area contributed by atoms with Crippen molar-refractivity contribution in [1.29, 1.82) is 5.41 Å². The molecule has 0 aliphatic heterocycles. The van der Waals surface area contributed by atoms with E-state index in [0.717, 1.165) is 6.07 Å². The van der Waals surface area contributed by atoms with Crippen molar-refractivity contribution in [1.82, 2.24) is 0 Å². The molecule has 0 radical (unpaired) electrons. The topological polar surface area (TPSA) is 70.4 Å². The number of rotatable bonds is 5. The molecular formula is C16H16ClF2NO3. The fourth-order valence-electron chi connectivity index (χ4n) is 2.11. The number of aliphatic hydroxyl groups is 1. The van der Waals surface area contributed by atoms with Crippen molar-refractivity contribution < 1.29 is 23.4 Å². The van der Waals surface area contributed by atoms with E-state index in [9.17, 15) is 18.7 Å². The van der Waals surface area contributed by atoms with Gasteiger partial charge in [0.15, 0.2) is 0 Å². The first-order valence-electron chi connectivity index (χ1n) is 7.13. The normalized spacial score (nSPS) is 15.2. The summed E-state index contributed by atoms with van der Waals surface area (Å²) in [7, 11) is 0. The Morgan fingerprint density at radius 1 is 1.48 bits per heavy atom. The van der Waals surface area contributed by atoms with E-state index in [0.29, 0.717) is 12.8 Å². The van der Waals surface area contributed by atoms with Crippen LogP contribution in [0.4, 0.5) is 8.78 Å². The molecule has 4 nitrogen and oxygen atoms in total. The number of carbonyl (C=O) groups is 1. The Labute approximate surface area is 137 Å². The van der Waals surface area contributed by atoms with Crippen molar-refractivity contribution in [3.8, 4) is 0 Å². The molecule has 0 unspecified atom stereocenters. The number of hydrogen-bond donors (Lipinski definition) is 2. The summed E-state index contributed by atoms with van der Waals surface area (Å²) in [6.45, 7) is 2.82. The molecule has 1 aliphatic rings. The number of halogens is 3. The molecule has 0 aromatic heterocycles. The van der Waals surface area contributed by atoms with Crippen LogP contribution in [0.3, 0.4) is 0 Å². The van der Waals surface area contributed by atoms with Crippen LogP contribution in [-0.4, -0.2) is 23.4 Å². The zero-order valence-electron chi connectivity index (χ0n) is 12.7. The summed E-state index contributed by atoms with van der Waals surface area (Å²) in [6, 6.07) is 0.843. The average Bonchev–Trinajstić information content (AvgIpc) is 3.33. The van der Waals surface area contributed by atoms with Crippen LogP contribution < -0.4 is 0 Å². The van der Waals surface area contributed by atoms with Gasteiger partial charge in [-0.1, -0.05) is 11.6 Å². The van der Waals surface area contributed by atoms with Gasteiger partial charge in [0, 0.05) is 17.0 Å². The number of esters is 1. The minimum Gasteiger partial charge on any atom is -0.506 e. The maximum Gasteiger partial charge on any atom is 0.343 e. The first-order valence-corrected chi connectivity index (χ1v) is 7.51. The summed E-state index contributed by atoms with van der Waals surface area (Å²) in [5.74, 6) is -3.76. The highest BCUT2D eigenvalue weighted by atomic mass is 35.5. The fraction of sp³-hybridized carbons (Fsp3) is 0.375. The van der Waals surface area contributed by atoms with Crippen LogP contribution in [0, 0.1) is 29.9 Å². The first kappa shape index (κ1) is 17.4. The van der Waals surface area contributed by atoms with E-state index in [4.69, 9.17) is 21.7 Å². The van der Waals surface area contributed by atoms with Gasteiger partial charge in [-0.3, -0.25) is 0 Å². The number of benzene rings is 1. The second-order valence-electron chi connectivity index (χ2n) is 5.29. The molecular weight excluding hydrogens is 328 g/mol. The second kappa shape index (κ2) is 6.66. The maximum atomic E-state index is 13.9. The van der Waals surface area contributed by atoms with E-state index >= 15 is 0 Å². The quantitative estimate of drug-likeness (QED) is 0.277. The van der Waals surface area contributed by atoms with E-state index in [-0.39, 0.29) is 29.4 Å². The molecule has 1 aliphatic carbocycles. The number of aliphatic hydroxyl groups excluding tert-OH is 1. The summed E-state index contributed by atoms with van der Waals surface area (Å²) >= 11 is 5.83. The van der Waals surface area contributed by atoms with E-state index < -0.39 is 34.0 Å². The highest BCUT2D eigenvalue weighted by molar-refractivity contribution is 6.33. The lowest BCUT2D eigenvalue weighted by Crippen LogP contribution is -2.19. The first-order chi connectivity index (χ1) is 10.8. The standard InChI is InChI=1S/C16H16ClF2NO3/c1-3-23-16(22)11(14(20)8-4-5-8)15(21)9-6-10(18)7(2)13(19)12(9)17/h6,8,20-21H,3-5H2,1-2H3. The van der Waals surface area contributed by atoms with Gasteiger partial charge in [0.2, 0.25) is 0 Å². The Balaban J connectivity index is 2.62. The molecule has 0 amide bonds. The summed E-state index contributed by atoms with van der Waals surface area (Å²) in [4.78, 5) is 12.1. The molecule has 1 aromatic carbocycles. The Morgan fingerprint density at radius 3 is 2.61 bits per heavy atom. The number of ether oxygens (including phenoxy) is 1. The molecule has 0 bridgehead atoms. The highest BCUT2D eigenvalue weighted by Gasteiger charge is 2.35. The van der Waals surface area contributed by atoms with E-state index in [1.165, 1.54) is 6.92 Å². The molecule has 1 fully saturated rings. The third-order valence-electron chi connectivity index (χ3n) is 3.61. The van der Waals surface area contributed by atoms with Crippen LogP contribution >= 0.6 is 11.6 Å². The molecule has 0 heterocycles. The van der Waals surface area contributed by atoms with Gasteiger partial charge in [-0.15, -0.1) is 0 Å². The summed E-state index contributed by atoms with van der Waals surface area (Å²) in [6.07, 6.45) is 1.42. The smallest absolute Gasteiger partial charge is 0.343 e. The predicted octanol–water partition coefficient (Wildman–Crippen LogP) is 4.19. The van der Waals surface area contributed by atoms with Gasteiger partial charge in [0.25, 0.3) is 0 Å². The minimum atomic E-state index is -1.02. The monoisotopic (exact) mass is 343 g/mol. The van der Waals surface area contributed by atoms with Crippen LogP contribution in [0.2, 0.25) is 5.02 Å². The van der Waals surface area contributed by atoms with E-state index in [2.05, 4.69) is 0 Å². The van der Waals surface area contributed by atoms with Gasteiger partial charge in [-0.2, -0.15) is 0 Å². The van der Waals surface area contributed by atoms with Crippen LogP contribution in [0.25, 0.3) is 5.76 Å². The van der Waals surface area contributed by atoms with Crippen molar-refractivity contribution in [2.45, 2.75) is 26.7 Å². The van der Waals surface area contributed by atoms with Gasteiger partial charge in [-0.25, -0.2) is 13.6 Å². The molecule has 0 spiro atoms. The van der Waals surface area contributed by atoms with Gasteiger partial charge in [-0.05, 0) is 32.8 Å². The van der Waals surface area contributed by atoms with Crippen LogP contribution in [-0.2, 0) is 9.53 Å². The Bertz CT molecular complexity index is 712. The molecule has 0 atom stereocenters.